The molecule has 2 heterocycles. The monoisotopic (exact) mass is 208 g/mol. The van der Waals surface area contributed by atoms with E-state index in [1.54, 1.807) is 0 Å². The van der Waals surface area contributed by atoms with E-state index in [0.717, 1.165) is 17.4 Å². The number of rotatable bonds is 1. The molecule has 0 aromatic carbocycles. The fraction of sp³-hybridized carbons (Fsp3) is 1.00. The summed E-state index contributed by atoms with van der Waals surface area (Å²) in [7, 11) is 2.25. The fourth-order valence-corrected chi connectivity index (χ4v) is 3.98. The van der Waals surface area contributed by atoms with Gasteiger partial charge in [0.1, 0.15) is 0 Å². The van der Waals surface area contributed by atoms with Crippen LogP contribution in [0.15, 0.2) is 0 Å². The minimum atomic E-state index is 0.734. The van der Waals surface area contributed by atoms with Crippen LogP contribution in [0.3, 0.4) is 0 Å². The fourth-order valence-electron chi connectivity index (χ4n) is 3.98. The maximum atomic E-state index is 2.76. The summed E-state index contributed by atoms with van der Waals surface area (Å²) >= 11 is 0. The molecule has 1 saturated carbocycles. The van der Waals surface area contributed by atoms with Crippen LogP contribution in [0.4, 0.5) is 0 Å². The van der Waals surface area contributed by atoms with Gasteiger partial charge in [-0.25, -0.2) is 0 Å². The van der Waals surface area contributed by atoms with E-state index < -0.39 is 0 Å². The van der Waals surface area contributed by atoms with Gasteiger partial charge in [0.05, 0.1) is 0 Å². The lowest BCUT2D eigenvalue weighted by molar-refractivity contribution is -0.126. The van der Waals surface area contributed by atoms with Crippen molar-refractivity contribution < 1.29 is 0 Å². The van der Waals surface area contributed by atoms with Crippen molar-refractivity contribution in [2.45, 2.75) is 38.6 Å². The molecule has 3 aliphatic rings. The highest BCUT2D eigenvalue weighted by Crippen LogP contribution is 2.42. The SMILES string of the molecule is CC1CCC(N2CC3(CN(C)C3)C2)CC1. The molecule has 0 atom stereocenters. The lowest BCUT2D eigenvalue weighted by Gasteiger charge is -2.62. The molecule has 3 rings (SSSR count). The van der Waals surface area contributed by atoms with E-state index in [9.17, 15) is 0 Å². The van der Waals surface area contributed by atoms with Crippen LogP contribution in [0.25, 0.3) is 0 Å². The van der Waals surface area contributed by atoms with Gasteiger partial charge < -0.3 is 4.90 Å². The molecule has 0 amide bonds. The third-order valence-electron chi connectivity index (χ3n) is 4.79. The quantitative estimate of drug-likeness (QED) is 0.648. The minimum absolute atomic E-state index is 0.734. The van der Waals surface area contributed by atoms with Gasteiger partial charge in [-0.3, -0.25) is 4.90 Å². The molecule has 1 aliphatic carbocycles. The second-order valence-electron chi connectivity index (χ2n) is 6.49. The van der Waals surface area contributed by atoms with Crippen molar-refractivity contribution in [2.24, 2.45) is 11.3 Å². The Morgan fingerprint density at radius 1 is 0.933 bits per heavy atom. The van der Waals surface area contributed by atoms with E-state index in [0.29, 0.717) is 0 Å². The molecule has 2 heteroatoms. The van der Waals surface area contributed by atoms with E-state index >= 15 is 0 Å². The average Bonchev–Trinajstić information content (AvgIpc) is 2.11. The Hall–Kier alpha value is -0.0800. The Bertz CT molecular complexity index is 229. The van der Waals surface area contributed by atoms with Crippen LogP contribution < -0.4 is 0 Å². The molecule has 0 aromatic heterocycles. The Morgan fingerprint density at radius 3 is 2.07 bits per heavy atom. The van der Waals surface area contributed by atoms with E-state index in [2.05, 4.69) is 23.8 Å². The van der Waals surface area contributed by atoms with Crippen LogP contribution in [0.5, 0.6) is 0 Å². The number of nitrogens with zero attached hydrogens (tertiary/aromatic N) is 2. The molecule has 1 spiro atoms. The van der Waals surface area contributed by atoms with Crippen molar-refractivity contribution in [3.05, 3.63) is 0 Å². The van der Waals surface area contributed by atoms with Crippen LogP contribution in [0.1, 0.15) is 32.6 Å². The minimum Gasteiger partial charge on any atom is -0.305 e. The topological polar surface area (TPSA) is 6.48 Å². The smallest absolute Gasteiger partial charge is 0.0212 e. The predicted molar refractivity (Wildman–Crippen MR) is 62.9 cm³/mol. The predicted octanol–water partition coefficient (Wildman–Crippen LogP) is 1.81. The summed E-state index contributed by atoms with van der Waals surface area (Å²) in [5, 5.41) is 0. The Balaban J connectivity index is 1.47. The van der Waals surface area contributed by atoms with Gasteiger partial charge in [-0.1, -0.05) is 6.92 Å². The molecule has 2 nitrogen and oxygen atoms in total. The highest BCUT2D eigenvalue weighted by Gasteiger charge is 2.51. The lowest BCUT2D eigenvalue weighted by atomic mass is 9.71. The zero-order valence-electron chi connectivity index (χ0n) is 10.2. The molecule has 2 aliphatic heterocycles. The van der Waals surface area contributed by atoms with Crippen molar-refractivity contribution >= 4 is 0 Å². The normalized spacial score (nSPS) is 41.2. The van der Waals surface area contributed by atoms with Crippen LogP contribution in [0.2, 0.25) is 0 Å². The molecule has 0 radical (unpaired) electrons. The molecule has 0 aromatic rings. The van der Waals surface area contributed by atoms with Crippen LogP contribution in [-0.4, -0.2) is 49.1 Å². The second-order valence-corrected chi connectivity index (χ2v) is 6.49. The summed E-state index contributed by atoms with van der Waals surface area (Å²) < 4.78 is 0. The van der Waals surface area contributed by atoms with Gasteiger partial charge in [-0.2, -0.15) is 0 Å². The van der Waals surface area contributed by atoms with Crippen LogP contribution >= 0.6 is 0 Å². The molecule has 15 heavy (non-hydrogen) atoms. The zero-order valence-corrected chi connectivity index (χ0v) is 10.2. The highest BCUT2D eigenvalue weighted by molar-refractivity contribution is 5.06. The number of likely N-dealkylation sites (tertiary alicyclic amines) is 2. The van der Waals surface area contributed by atoms with Crippen molar-refractivity contribution in [1.82, 2.24) is 9.80 Å². The third kappa shape index (κ3) is 1.72. The van der Waals surface area contributed by atoms with E-state index in [-0.39, 0.29) is 0 Å². The first-order chi connectivity index (χ1) is 7.17. The molecule has 0 unspecified atom stereocenters. The largest absolute Gasteiger partial charge is 0.305 e. The van der Waals surface area contributed by atoms with E-state index in [1.807, 2.05) is 0 Å². The van der Waals surface area contributed by atoms with Gasteiger partial charge in [-0.15, -0.1) is 0 Å². The van der Waals surface area contributed by atoms with Crippen molar-refractivity contribution in [3.8, 4) is 0 Å². The first-order valence-electron chi connectivity index (χ1n) is 6.59. The van der Waals surface area contributed by atoms with Crippen molar-refractivity contribution in [1.29, 1.82) is 0 Å². The standard InChI is InChI=1S/C13H24N2/c1-11-3-5-12(6-4-11)15-9-13(10-15)7-14(2)8-13/h11-12H,3-10H2,1-2H3. The molecular weight excluding hydrogens is 184 g/mol. The van der Waals surface area contributed by atoms with Gasteiger partial charge in [0, 0.05) is 37.6 Å². The second kappa shape index (κ2) is 3.46. The van der Waals surface area contributed by atoms with E-state index in [4.69, 9.17) is 0 Å². The molecule has 3 fully saturated rings. The molecular formula is C13H24N2. The summed E-state index contributed by atoms with van der Waals surface area (Å²) in [5.74, 6) is 0.992. The lowest BCUT2D eigenvalue weighted by Crippen LogP contribution is -2.72. The first kappa shape index (κ1) is 10.1. The van der Waals surface area contributed by atoms with Crippen LogP contribution in [0, 0.1) is 11.3 Å². The summed E-state index contributed by atoms with van der Waals surface area (Å²) in [6, 6.07) is 0.942. The van der Waals surface area contributed by atoms with Crippen molar-refractivity contribution in [2.75, 3.05) is 33.2 Å². The summed E-state index contributed by atoms with van der Waals surface area (Å²) in [5.41, 5.74) is 0.734. The maximum absolute atomic E-state index is 2.76. The summed E-state index contributed by atoms with van der Waals surface area (Å²) in [6.45, 7) is 7.92. The molecule has 86 valence electrons. The van der Waals surface area contributed by atoms with Gasteiger partial charge in [0.15, 0.2) is 0 Å². The average molecular weight is 208 g/mol. The van der Waals surface area contributed by atoms with Gasteiger partial charge in [0.2, 0.25) is 0 Å². The van der Waals surface area contributed by atoms with Crippen molar-refractivity contribution in [3.63, 3.8) is 0 Å². The molecule has 2 saturated heterocycles. The van der Waals surface area contributed by atoms with Gasteiger partial charge in [-0.05, 0) is 38.6 Å². The zero-order chi connectivity index (χ0) is 10.5. The third-order valence-corrected chi connectivity index (χ3v) is 4.79. The summed E-state index contributed by atoms with van der Waals surface area (Å²) in [6.07, 6.45) is 5.86. The van der Waals surface area contributed by atoms with Gasteiger partial charge >= 0.3 is 0 Å². The highest BCUT2D eigenvalue weighted by atomic mass is 15.3. The summed E-state index contributed by atoms with van der Waals surface area (Å²) in [4.78, 5) is 5.22. The van der Waals surface area contributed by atoms with Crippen LogP contribution in [-0.2, 0) is 0 Å². The number of hydrogen-bond donors (Lipinski definition) is 0. The molecule has 0 bridgehead atoms. The Labute approximate surface area is 93.6 Å². The molecule has 0 N–H and O–H groups in total. The van der Waals surface area contributed by atoms with Gasteiger partial charge in [0.25, 0.3) is 0 Å². The maximum Gasteiger partial charge on any atom is 0.0212 e. The van der Waals surface area contributed by atoms with E-state index in [1.165, 1.54) is 51.9 Å². The number of hydrogen-bond acceptors (Lipinski definition) is 2. The Morgan fingerprint density at radius 2 is 1.53 bits per heavy atom. The Kier molecular flexibility index (Phi) is 2.33. The first-order valence-corrected chi connectivity index (χ1v) is 6.59.